The molecule has 0 amide bonds. The number of carbonyl (C=O) groups excluding carboxylic acids is 1. The highest BCUT2D eigenvalue weighted by atomic mass is 16.5. The van der Waals surface area contributed by atoms with Crippen molar-refractivity contribution in [1.82, 2.24) is 18.7 Å². The van der Waals surface area contributed by atoms with Crippen molar-refractivity contribution in [2.24, 2.45) is 14.1 Å². The number of aromatic nitrogens is 4. The predicted molar refractivity (Wildman–Crippen MR) is 148 cm³/mol. The van der Waals surface area contributed by atoms with Crippen LogP contribution in [-0.4, -0.2) is 46.0 Å². The van der Waals surface area contributed by atoms with Crippen molar-refractivity contribution in [3.8, 4) is 17.2 Å². The molecule has 0 atom stereocenters. The van der Waals surface area contributed by atoms with Gasteiger partial charge in [0.15, 0.2) is 22.7 Å². The largest absolute Gasteiger partial charge is 0.493 e. The molecule has 0 aliphatic heterocycles. The first-order valence-corrected chi connectivity index (χ1v) is 13.4. The molecule has 2 heterocycles. The molecule has 0 fully saturated rings. The van der Waals surface area contributed by atoms with Gasteiger partial charge in [0.2, 0.25) is 5.75 Å². The van der Waals surface area contributed by atoms with E-state index in [1.807, 2.05) is 0 Å². The third-order valence-corrected chi connectivity index (χ3v) is 6.84. The Hall–Kier alpha value is -3.76. The van der Waals surface area contributed by atoms with Gasteiger partial charge < -0.3 is 23.5 Å². The molecule has 11 heteroatoms. The summed E-state index contributed by atoms with van der Waals surface area (Å²) in [7, 11) is 8.03. The number of methoxy groups -OCH3 is 3. The fourth-order valence-electron chi connectivity index (χ4n) is 4.65. The number of nitrogens with zero attached hydrogens (tertiary/aromatic N) is 4. The molecule has 3 rings (SSSR count). The number of benzene rings is 1. The van der Waals surface area contributed by atoms with E-state index in [1.165, 1.54) is 9.13 Å². The highest BCUT2D eigenvalue weighted by Gasteiger charge is 2.15. The van der Waals surface area contributed by atoms with Gasteiger partial charge in [0, 0.05) is 27.1 Å². The van der Waals surface area contributed by atoms with Gasteiger partial charge >= 0.3 is 11.7 Å². The number of fused-ring (bicyclic) bond motifs is 1. The van der Waals surface area contributed by atoms with E-state index in [-0.39, 0.29) is 23.8 Å². The van der Waals surface area contributed by atoms with Gasteiger partial charge in [-0.3, -0.25) is 18.7 Å². The zero-order valence-electron chi connectivity index (χ0n) is 23.7. The summed E-state index contributed by atoms with van der Waals surface area (Å²) in [5.74, 6) is 1.31. The Morgan fingerprint density at radius 2 is 1.44 bits per heavy atom. The van der Waals surface area contributed by atoms with E-state index < -0.39 is 0 Å². The van der Waals surface area contributed by atoms with Crippen LogP contribution in [0.2, 0.25) is 0 Å². The Morgan fingerprint density at radius 1 is 0.846 bits per heavy atom. The average Bonchev–Trinajstić information content (AvgIpc) is 3.34. The van der Waals surface area contributed by atoms with Crippen molar-refractivity contribution >= 4 is 17.1 Å². The van der Waals surface area contributed by atoms with E-state index in [4.69, 9.17) is 18.9 Å². The SMILES string of the molecule is COc1cc(COC(=O)CCCCCCCCCCn2c(=O)c3c(ncn3C)n(C)c2=O)cc(OC)c1OC. The number of rotatable bonds is 16. The second-order valence-electron chi connectivity index (χ2n) is 9.60. The first-order chi connectivity index (χ1) is 18.8. The quantitative estimate of drug-likeness (QED) is 0.198. The summed E-state index contributed by atoms with van der Waals surface area (Å²) in [6.45, 7) is 0.550. The van der Waals surface area contributed by atoms with Gasteiger partial charge in [-0.15, -0.1) is 0 Å². The number of carbonyl (C=O) groups is 1. The van der Waals surface area contributed by atoms with Crippen molar-refractivity contribution in [3.05, 3.63) is 44.9 Å². The van der Waals surface area contributed by atoms with Gasteiger partial charge in [0.1, 0.15) is 6.61 Å². The highest BCUT2D eigenvalue weighted by Crippen LogP contribution is 2.38. The van der Waals surface area contributed by atoms with Crippen LogP contribution in [0.5, 0.6) is 17.2 Å². The van der Waals surface area contributed by atoms with E-state index in [0.717, 1.165) is 56.9 Å². The Bertz CT molecular complexity index is 1350. The number of unbranched alkanes of at least 4 members (excludes halogenated alkanes) is 7. The number of hydrogen-bond donors (Lipinski definition) is 0. The molecular formula is C28H40N4O7. The summed E-state index contributed by atoms with van der Waals surface area (Å²) >= 11 is 0. The number of imidazole rings is 1. The maximum Gasteiger partial charge on any atom is 0.332 e. The maximum absolute atomic E-state index is 12.7. The Balaban J connectivity index is 1.28. The lowest BCUT2D eigenvalue weighted by atomic mass is 10.1. The van der Waals surface area contributed by atoms with Gasteiger partial charge in [-0.2, -0.15) is 0 Å². The number of ether oxygens (including phenoxy) is 4. The molecule has 0 N–H and O–H groups in total. The molecule has 0 radical (unpaired) electrons. The molecule has 0 aliphatic rings. The minimum absolute atomic E-state index is 0.143. The van der Waals surface area contributed by atoms with Crippen molar-refractivity contribution in [2.45, 2.75) is 70.9 Å². The lowest BCUT2D eigenvalue weighted by molar-refractivity contribution is -0.145. The van der Waals surface area contributed by atoms with Crippen LogP contribution in [-0.2, 0) is 36.8 Å². The number of aryl methyl sites for hydroxylation is 2. The summed E-state index contributed by atoms with van der Waals surface area (Å²) < 4.78 is 25.8. The van der Waals surface area contributed by atoms with Gasteiger partial charge in [-0.1, -0.05) is 38.5 Å². The van der Waals surface area contributed by atoms with Crippen molar-refractivity contribution in [3.63, 3.8) is 0 Å². The van der Waals surface area contributed by atoms with Crippen LogP contribution >= 0.6 is 0 Å². The van der Waals surface area contributed by atoms with Crippen LogP contribution in [0.25, 0.3) is 11.2 Å². The van der Waals surface area contributed by atoms with Crippen LogP contribution in [0, 0.1) is 0 Å². The number of hydrogen-bond acceptors (Lipinski definition) is 8. The molecule has 2 aromatic heterocycles. The van der Waals surface area contributed by atoms with E-state index in [2.05, 4.69) is 4.98 Å². The minimum atomic E-state index is -0.326. The summed E-state index contributed by atoms with van der Waals surface area (Å²) in [5.41, 5.74) is 1.02. The molecule has 214 valence electrons. The third-order valence-electron chi connectivity index (χ3n) is 6.84. The summed E-state index contributed by atoms with van der Waals surface area (Å²) in [5, 5.41) is 0. The lowest BCUT2D eigenvalue weighted by Gasteiger charge is -2.14. The Labute approximate surface area is 228 Å². The molecule has 0 unspecified atom stereocenters. The summed E-state index contributed by atoms with van der Waals surface area (Å²) in [4.78, 5) is 41.6. The van der Waals surface area contributed by atoms with Crippen molar-refractivity contribution in [2.75, 3.05) is 21.3 Å². The molecule has 1 aromatic carbocycles. The zero-order chi connectivity index (χ0) is 28.4. The van der Waals surface area contributed by atoms with E-state index in [1.54, 1.807) is 58.5 Å². The van der Waals surface area contributed by atoms with E-state index in [0.29, 0.717) is 41.4 Å². The van der Waals surface area contributed by atoms with E-state index in [9.17, 15) is 14.4 Å². The highest BCUT2D eigenvalue weighted by molar-refractivity contribution is 5.70. The van der Waals surface area contributed by atoms with Crippen LogP contribution < -0.4 is 25.5 Å². The van der Waals surface area contributed by atoms with Crippen molar-refractivity contribution in [1.29, 1.82) is 0 Å². The normalized spacial score (nSPS) is 11.1. The molecule has 0 saturated heterocycles. The number of esters is 1. The second kappa shape index (κ2) is 14.4. The molecule has 0 bridgehead atoms. The molecule has 0 aliphatic carbocycles. The first-order valence-electron chi connectivity index (χ1n) is 13.4. The molecule has 11 nitrogen and oxygen atoms in total. The Morgan fingerprint density at radius 3 is 2.03 bits per heavy atom. The van der Waals surface area contributed by atoms with Crippen LogP contribution in [0.15, 0.2) is 28.0 Å². The summed E-state index contributed by atoms with van der Waals surface area (Å²) in [6, 6.07) is 3.54. The zero-order valence-corrected chi connectivity index (χ0v) is 23.7. The monoisotopic (exact) mass is 544 g/mol. The van der Waals surface area contributed by atoms with Crippen LogP contribution in [0.1, 0.15) is 63.4 Å². The summed E-state index contributed by atoms with van der Waals surface area (Å²) in [6.07, 6.45) is 9.68. The second-order valence-corrected chi connectivity index (χ2v) is 9.60. The first kappa shape index (κ1) is 29.8. The van der Waals surface area contributed by atoms with Crippen LogP contribution in [0.4, 0.5) is 0 Å². The van der Waals surface area contributed by atoms with E-state index >= 15 is 0 Å². The maximum atomic E-state index is 12.7. The molecule has 3 aromatic rings. The van der Waals surface area contributed by atoms with Gasteiger partial charge in [0.05, 0.1) is 27.7 Å². The van der Waals surface area contributed by atoms with Crippen molar-refractivity contribution < 1.29 is 23.7 Å². The van der Waals surface area contributed by atoms with Crippen LogP contribution in [0.3, 0.4) is 0 Å². The van der Waals surface area contributed by atoms with Gasteiger partial charge in [0.25, 0.3) is 5.56 Å². The Kier molecular flexibility index (Phi) is 11.0. The average molecular weight is 545 g/mol. The predicted octanol–water partition coefficient (Wildman–Crippen LogP) is 3.71. The fraction of sp³-hybridized carbons (Fsp3) is 0.571. The van der Waals surface area contributed by atoms with Gasteiger partial charge in [-0.05, 0) is 30.5 Å². The lowest BCUT2D eigenvalue weighted by Crippen LogP contribution is -2.39. The topological polar surface area (TPSA) is 116 Å². The smallest absolute Gasteiger partial charge is 0.332 e. The molecule has 39 heavy (non-hydrogen) atoms. The molecular weight excluding hydrogens is 504 g/mol. The minimum Gasteiger partial charge on any atom is -0.493 e. The van der Waals surface area contributed by atoms with Gasteiger partial charge in [-0.25, -0.2) is 9.78 Å². The molecule has 0 saturated carbocycles. The molecule has 0 spiro atoms. The third kappa shape index (κ3) is 7.42. The standard InChI is InChI=1S/C28H40N4O7/c1-30-19-29-26-24(30)27(34)32(28(35)31(26)2)15-13-11-9-7-6-8-10-12-14-23(33)39-18-20-16-21(36-3)25(38-5)22(17-20)37-4/h16-17,19H,6-15,18H2,1-5H3. The fourth-order valence-corrected chi connectivity index (χ4v) is 4.65.